The number of hydrogen-bond donors (Lipinski definition) is 9. The Bertz CT molecular complexity index is 1270. The number of amides is 4. The number of ether oxygens (including phenoxy) is 4. The van der Waals surface area contributed by atoms with Crippen LogP contribution in [-0.4, -0.2) is 141 Å². The summed E-state index contributed by atoms with van der Waals surface area (Å²) in [4.78, 5) is 81.4. The summed E-state index contributed by atoms with van der Waals surface area (Å²) < 4.78 is 24.0. The molecule has 378 valence electrons. The van der Waals surface area contributed by atoms with Crippen LogP contribution >= 0.6 is 12.8 Å². The van der Waals surface area contributed by atoms with Crippen molar-refractivity contribution in [3.8, 4) is 0 Å². The molecule has 0 unspecified atom stereocenters. The summed E-state index contributed by atoms with van der Waals surface area (Å²) in [5.74, 6) is -4.15. The molecule has 8 N–H and O–H groups in total. The molecule has 0 rings (SSSR count). The van der Waals surface area contributed by atoms with E-state index in [0.29, 0.717) is 97.8 Å². The number of carbonyl (C=O) groups is 7. The van der Waals surface area contributed by atoms with Gasteiger partial charge in [-0.25, -0.2) is 4.79 Å². The largest absolute Gasteiger partial charge is 0.481 e. The van der Waals surface area contributed by atoms with Crippen LogP contribution in [0.3, 0.4) is 0 Å². The van der Waals surface area contributed by atoms with Crippen LogP contribution in [0, 0.1) is 0 Å². The van der Waals surface area contributed by atoms with Crippen molar-refractivity contribution in [1.29, 1.82) is 0 Å². The van der Waals surface area contributed by atoms with Crippen molar-refractivity contribution in [3.63, 3.8) is 0 Å². The lowest BCUT2D eigenvalue weighted by Gasteiger charge is -2.14. The third-order valence-electron chi connectivity index (χ3n) is 10.3. The molecular formula is C45H83N5O14S. The molecule has 2 atom stereocenters. The molecule has 0 aromatic carbocycles. The third kappa shape index (κ3) is 44.1. The van der Waals surface area contributed by atoms with Gasteiger partial charge in [0.05, 0.1) is 26.4 Å². The number of unbranched alkanes of at least 4 members (excludes halogenated alkanes) is 16. The van der Waals surface area contributed by atoms with E-state index in [1.165, 1.54) is 57.8 Å². The van der Waals surface area contributed by atoms with Crippen molar-refractivity contribution < 1.29 is 67.8 Å². The zero-order chi connectivity index (χ0) is 48.0. The predicted octanol–water partition coefficient (Wildman–Crippen LogP) is 4.70. The molecule has 0 radical (unpaired) electrons. The molecule has 19 nitrogen and oxygen atoms in total. The van der Waals surface area contributed by atoms with Gasteiger partial charge in [-0.05, 0) is 51.4 Å². The fraction of sp³-hybridized carbons (Fsp3) is 0.844. The number of aliphatic carboxylic acids is 3. The molecule has 0 aromatic rings. The van der Waals surface area contributed by atoms with Crippen LogP contribution in [0.2, 0.25) is 0 Å². The molecule has 0 aliphatic rings. The molecule has 0 saturated carbocycles. The molecule has 0 aliphatic heterocycles. The Balaban J connectivity index is 3.60. The first-order chi connectivity index (χ1) is 31.5. The minimum atomic E-state index is -1.16. The lowest BCUT2D eigenvalue weighted by molar-refractivity contribution is -0.142. The van der Waals surface area contributed by atoms with E-state index < -0.39 is 30.0 Å². The smallest absolute Gasteiger partial charge is 0.326 e. The van der Waals surface area contributed by atoms with E-state index in [2.05, 4.69) is 38.8 Å². The number of carboxylic acid groups (broad SMARTS) is 3. The van der Waals surface area contributed by atoms with E-state index in [1.54, 1.807) is 0 Å². The molecular weight excluding hydrogens is 867 g/mol. The molecule has 4 amide bonds. The van der Waals surface area contributed by atoms with Gasteiger partial charge in [-0.2, -0.15) is 0 Å². The highest BCUT2D eigenvalue weighted by molar-refractivity contribution is 7.78. The van der Waals surface area contributed by atoms with Crippen molar-refractivity contribution >= 4 is 54.4 Å². The second-order valence-electron chi connectivity index (χ2n) is 16.2. The Morgan fingerprint density at radius 2 is 0.785 bits per heavy atom. The minimum Gasteiger partial charge on any atom is -0.481 e. The molecule has 0 fully saturated rings. The summed E-state index contributed by atoms with van der Waals surface area (Å²) in [6.07, 6.45) is 21.2. The Morgan fingerprint density at radius 1 is 0.385 bits per heavy atom. The van der Waals surface area contributed by atoms with Gasteiger partial charge in [-0.1, -0.05) is 103 Å². The van der Waals surface area contributed by atoms with E-state index in [0.717, 1.165) is 38.5 Å². The molecule has 0 bridgehead atoms. The lowest BCUT2D eigenvalue weighted by Crippen LogP contribution is -2.41. The summed E-state index contributed by atoms with van der Waals surface area (Å²) in [6, 6.07) is -1.85. The average Bonchev–Trinajstić information content (AvgIpc) is 3.26. The SMILES string of the molecule is O=C(O)CCCCCCCCCCCCCCCCCCC(=O)N[C@@H](CCC(=O)NCCCOCCOCCOCCCNC(=O)COCC(=O)NCCCC[C@H](NS)C(=O)O)C(=O)O. The summed E-state index contributed by atoms with van der Waals surface area (Å²) in [7, 11) is 0. The number of nitrogens with one attached hydrogen (secondary N) is 5. The fourth-order valence-electron chi connectivity index (χ4n) is 6.55. The first-order valence-electron chi connectivity index (χ1n) is 23.9. The molecule has 0 saturated heterocycles. The zero-order valence-electron chi connectivity index (χ0n) is 38.9. The van der Waals surface area contributed by atoms with Crippen LogP contribution in [0.4, 0.5) is 0 Å². The number of hydrogen-bond acceptors (Lipinski definition) is 13. The second kappa shape index (κ2) is 45.6. The van der Waals surface area contributed by atoms with Crippen LogP contribution in [0.15, 0.2) is 0 Å². The van der Waals surface area contributed by atoms with E-state index in [9.17, 15) is 38.7 Å². The molecule has 0 spiro atoms. The Labute approximate surface area is 392 Å². The highest BCUT2D eigenvalue weighted by Gasteiger charge is 2.21. The first-order valence-corrected chi connectivity index (χ1v) is 24.4. The maximum atomic E-state index is 12.4. The Kier molecular flexibility index (Phi) is 43.1. The number of carboxylic acids is 3. The third-order valence-corrected chi connectivity index (χ3v) is 10.6. The van der Waals surface area contributed by atoms with Gasteiger partial charge < -0.3 is 55.5 Å². The van der Waals surface area contributed by atoms with Crippen LogP contribution < -0.4 is 26.0 Å². The number of rotatable bonds is 49. The van der Waals surface area contributed by atoms with Gasteiger partial charge in [0, 0.05) is 52.1 Å². The average molecular weight is 950 g/mol. The maximum absolute atomic E-state index is 12.4. The molecule has 20 heteroatoms. The highest BCUT2D eigenvalue weighted by atomic mass is 32.1. The molecule has 0 aliphatic carbocycles. The van der Waals surface area contributed by atoms with Crippen molar-refractivity contribution in [3.05, 3.63) is 0 Å². The van der Waals surface area contributed by atoms with Crippen molar-refractivity contribution in [2.45, 2.75) is 173 Å². The van der Waals surface area contributed by atoms with Crippen molar-refractivity contribution in [2.24, 2.45) is 0 Å². The van der Waals surface area contributed by atoms with Crippen LogP contribution in [0.1, 0.15) is 161 Å². The standard InChI is InChI=1S/C45H83N5O14S/c51-39(25-24-37(44(57)58)49-40(52)22-15-13-11-9-7-5-3-1-2-4-6-8-10-12-14-16-23-43(55)56)46-27-19-29-61-31-33-63-34-32-62-30-20-28-48-42(54)36-64-35-41(53)47-26-18-17-21-38(50-65)45(59)60/h37-38,50,65H,1-36H2,(H,46,51)(H,47,53)(H,48,54)(H,49,52)(H,55,56)(H,57,58)(H,59,60)/t37-,38-/m0/s1. The highest BCUT2D eigenvalue weighted by Crippen LogP contribution is 2.14. The number of thiol groups is 1. The van der Waals surface area contributed by atoms with Crippen LogP contribution in [0.5, 0.6) is 0 Å². The van der Waals surface area contributed by atoms with E-state index in [4.69, 9.17) is 29.2 Å². The van der Waals surface area contributed by atoms with Crippen LogP contribution in [-0.2, 0) is 52.5 Å². The van der Waals surface area contributed by atoms with E-state index >= 15 is 0 Å². The first kappa shape index (κ1) is 61.4. The van der Waals surface area contributed by atoms with Gasteiger partial charge in [-0.15, -0.1) is 0 Å². The fourth-order valence-corrected chi connectivity index (χ4v) is 6.79. The van der Waals surface area contributed by atoms with Crippen molar-refractivity contribution in [2.75, 3.05) is 72.5 Å². The number of carbonyl (C=O) groups excluding carboxylic acids is 4. The maximum Gasteiger partial charge on any atom is 0.326 e. The van der Waals surface area contributed by atoms with Gasteiger partial charge >= 0.3 is 17.9 Å². The summed E-state index contributed by atoms with van der Waals surface area (Å²) in [5.41, 5.74) is 0. The van der Waals surface area contributed by atoms with Gasteiger partial charge in [0.1, 0.15) is 25.3 Å². The normalized spacial score (nSPS) is 12.0. The zero-order valence-corrected chi connectivity index (χ0v) is 39.8. The van der Waals surface area contributed by atoms with Crippen LogP contribution in [0.25, 0.3) is 0 Å². The molecule has 0 aromatic heterocycles. The Hall–Kier alpha value is -3.56. The van der Waals surface area contributed by atoms with Gasteiger partial charge in [-0.3, -0.25) is 33.5 Å². The van der Waals surface area contributed by atoms with Gasteiger partial charge in [0.25, 0.3) is 0 Å². The second-order valence-corrected chi connectivity index (χ2v) is 16.4. The predicted molar refractivity (Wildman–Crippen MR) is 248 cm³/mol. The summed E-state index contributed by atoms with van der Waals surface area (Å²) >= 11 is 3.78. The molecule has 0 heterocycles. The van der Waals surface area contributed by atoms with E-state index in [1.807, 2.05) is 0 Å². The van der Waals surface area contributed by atoms with E-state index in [-0.39, 0.29) is 62.5 Å². The quantitative estimate of drug-likeness (QED) is 0.0296. The Morgan fingerprint density at radius 3 is 1.22 bits per heavy atom. The monoisotopic (exact) mass is 950 g/mol. The summed E-state index contributed by atoms with van der Waals surface area (Å²) in [5, 5.41) is 37.8. The molecule has 65 heavy (non-hydrogen) atoms. The van der Waals surface area contributed by atoms with Crippen molar-refractivity contribution in [1.82, 2.24) is 26.0 Å². The summed E-state index contributed by atoms with van der Waals surface area (Å²) in [6.45, 7) is 2.95. The van der Waals surface area contributed by atoms with Gasteiger partial charge in [0.2, 0.25) is 23.6 Å². The minimum absolute atomic E-state index is 0.00946. The van der Waals surface area contributed by atoms with Gasteiger partial charge in [0.15, 0.2) is 0 Å². The topological polar surface area (TPSA) is 277 Å². The lowest BCUT2D eigenvalue weighted by atomic mass is 10.0.